The molecule has 0 aromatic carbocycles. The van der Waals surface area contributed by atoms with Gasteiger partial charge < -0.3 is 16.0 Å². The Bertz CT molecular complexity index is 724. The molecule has 1 atom stereocenters. The van der Waals surface area contributed by atoms with Crippen molar-refractivity contribution in [2.75, 3.05) is 31.5 Å². The SMILES string of the molecule is CCNC(=NCC(C)c1cccs1)NCCNc1nccc(C(F)(F)F)n1.I. The van der Waals surface area contributed by atoms with Crippen molar-refractivity contribution in [2.24, 2.45) is 4.99 Å². The summed E-state index contributed by atoms with van der Waals surface area (Å²) in [5.41, 5.74) is -0.967. The predicted octanol–water partition coefficient (Wildman–Crippen LogP) is 3.95. The molecule has 2 aromatic rings. The molecule has 0 bridgehead atoms. The number of alkyl halides is 3. The van der Waals surface area contributed by atoms with Crippen LogP contribution in [0.25, 0.3) is 0 Å². The number of halogens is 4. The van der Waals surface area contributed by atoms with Crippen LogP contribution >= 0.6 is 35.3 Å². The van der Waals surface area contributed by atoms with Crippen LogP contribution in [0.1, 0.15) is 30.3 Å². The number of thiophene rings is 1. The molecule has 0 saturated carbocycles. The number of nitrogens with zero attached hydrogens (tertiary/aromatic N) is 3. The van der Waals surface area contributed by atoms with Crippen LogP contribution < -0.4 is 16.0 Å². The number of aromatic nitrogens is 2. The van der Waals surface area contributed by atoms with E-state index in [0.717, 1.165) is 12.3 Å². The van der Waals surface area contributed by atoms with Crippen LogP contribution in [0.2, 0.25) is 0 Å². The van der Waals surface area contributed by atoms with Gasteiger partial charge >= 0.3 is 6.18 Å². The van der Waals surface area contributed by atoms with E-state index in [-0.39, 0.29) is 29.9 Å². The second-order valence-electron chi connectivity index (χ2n) is 5.75. The van der Waals surface area contributed by atoms with Gasteiger partial charge in [-0.1, -0.05) is 13.0 Å². The number of rotatable bonds is 8. The summed E-state index contributed by atoms with van der Waals surface area (Å²) in [6.07, 6.45) is -3.40. The van der Waals surface area contributed by atoms with Gasteiger partial charge in [0.2, 0.25) is 5.95 Å². The molecule has 0 aliphatic carbocycles. The van der Waals surface area contributed by atoms with Crippen molar-refractivity contribution in [2.45, 2.75) is 25.9 Å². The zero-order valence-corrected chi connectivity index (χ0v) is 18.7. The fraction of sp³-hybridized carbons (Fsp3) is 0.471. The van der Waals surface area contributed by atoms with E-state index in [2.05, 4.69) is 43.9 Å². The molecular weight excluding hydrogens is 504 g/mol. The lowest BCUT2D eigenvalue weighted by molar-refractivity contribution is -0.141. The smallest absolute Gasteiger partial charge is 0.357 e. The molecule has 3 N–H and O–H groups in total. The van der Waals surface area contributed by atoms with Gasteiger partial charge in [0, 0.05) is 36.6 Å². The van der Waals surface area contributed by atoms with Gasteiger partial charge in [0.05, 0.1) is 6.54 Å². The first-order chi connectivity index (χ1) is 12.9. The lowest BCUT2D eigenvalue weighted by Gasteiger charge is -2.13. The van der Waals surface area contributed by atoms with Crippen molar-refractivity contribution in [1.29, 1.82) is 0 Å². The summed E-state index contributed by atoms with van der Waals surface area (Å²) >= 11 is 1.70. The minimum absolute atomic E-state index is 0. The van der Waals surface area contributed by atoms with Crippen molar-refractivity contribution < 1.29 is 13.2 Å². The highest BCUT2D eigenvalue weighted by Gasteiger charge is 2.32. The topological polar surface area (TPSA) is 74.2 Å². The zero-order valence-electron chi connectivity index (χ0n) is 15.6. The van der Waals surface area contributed by atoms with Gasteiger partial charge in [0.25, 0.3) is 0 Å². The Hall–Kier alpha value is -1.63. The van der Waals surface area contributed by atoms with E-state index in [1.807, 2.05) is 18.4 Å². The molecular formula is C17H24F3IN6S. The summed E-state index contributed by atoms with van der Waals surface area (Å²) < 4.78 is 37.9. The minimum atomic E-state index is -4.48. The Kier molecular flexibility index (Phi) is 10.5. The van der Waals surface area contributed by atoms with E-state index in [1.165, 1.54) is 4.88 Å². The molecule has 6 nitrogen and oxygen atoms in total. The average Bonchev–Trinajstić information content (AvgIpc) is 3.17. The van der Waals surface area contributed by atoms with Crippen LogP contribution in [0.4, 0.5) is 19.1 Å². The maximum Gasteiger partial charge on any atom is 0.433 e. The van der Waals surface area contributed by atoms with E-state index in [9.17, 15) is 13.2 Å². The molecule has 0 amide bonds. The summed E-state index contributed by atoms with van der Waals surface area (Å²) in [5.74, 6) is 0.921. The largest absolute Gasteiger partial charge is 0.433 e. The van der Waals surface area contributed by atoms with Crippen molar-refractivity contribution in [3.05, 3.63) is 40.3 Å². The molecule has 2 heterocycles. The van der Waals surface area contributed by atoms with E-state index in [1.54, 1.807) is 11.3 Å². The molecule has 156 valence electrons. The van der Waals surface area contributed by atoms with Crippen LogP contribution in [0.5, 0.6) is 0 Å². The highest BCUT2D eigenvalue weighted by Crippen LogP contribution is 2.27. The minimum Gasteiger partial charge on any atom is -0.357 e. The summed E-state index contributed by atoms with van der Waals surface area (Å²) in [7, 11) is 0. The van der Waals surface area contributed by atoms with E-state index in [4.69, 9.17) is 0 Å². The van der Waals surface area contributed by atoms with Gasteiger partial charge in [0.1, 0.15) is 5.69 Å². The summed E-state index contributed by atoms with van der Waals surface area (Å²) in [6, 6.07) is 4.95. The first-order valence-corrected chi connectivity index (χ1v) is 9.47. The quantitative estimate of drug-likeness (QED) is 0.210. The Morgan fingerprint density at radius 1 is 1.25 bits per heavy atom. The summed E-state index contributed by atoms with van der Waals surface area (Å²) in [4.78, 5) is 13.1. The maximum absolute atomic E-state index is 12.6. The second kappa shape index (κ2) is 12.0. The Balaban J connectivity index is 0.00000392. The molecule has 11 heteroatoms. The fourth-order valence-corrected chi connectivity index (χ4v) is 2.97. The number of hydrogen-bond donors (Lipinski definition) is 3. The predicted molar refractivity (Wildman–Crippen MR) is 118 cm³/mol. The molecule has 0 fully saturated rings. The fourth-order valence-electron chi connectivity index (χ4n) is 2.19. The number of guanidine groups is 1. The normalized spacial score (nSPS) is 12.8. The zero-order chi connectivity index (χ0) is 19.7. The third-order valence-corrected chi connectivity index (χ3v) is 4.65. The highest BCUT2D eigenvalue weighted by molar-refractivity contribution is 14.0. The number of nitrogens with one attached hydrogen (secondary N) is 3. The van der Waals surface area contributed by atoms with Gasteiger partial charge in [-0.15, -0.1) is 35.3 Å². The van der Waals surface area contributed by atoms with Crippen LogP contribution in [-0.2, 0) is 6.18 Å². The van der Waals surface area contributed by atoms with Crippen molar-refractivity contribution in [1.82, 2.24) is 20.6 Å². The summed E-state index contributed by atoms with van der Waals surface area (Å²) in [5, 5.41) is 11.1. The van der Waals surface area contributed by atoms with Crippen molar-refractivity contribution >= 4 is 47.2 Å². The number of aliphatic imine (C=N–C) groups is 1. The third kappa shape index (κ3) is 8.17. The molecule has 0 aliphatic rings. The van der Waals surface area contributed by atoms with Crippen molar-refractivity contribution in [3.8, 4) is 0 Å². The van der Waals surface area contributed by atoms with Gasteiger partial charge in [-0.3, -0.25) is 4.99 Å². The van der Waals surface area contributed by atoms with Crippen LogP contribution in [0.3, 0.4) is 0 Å². The van der Waals surface area contributed by atoms with Crippen LogP contribution in [0.15, 0.2) is 34.8 Å². The monoisotopic (exact) mass is 528 g/mol. The van der Waals surface area contributed by atoms with E-state index >= 15 is 0 Å². The van der Waals surface area contributed by atoms with Crippen LogP contribution in [0, 0.1) is 0 Å². The second-order valence-corrected chi connectivity index (χ2v) is 6.73. The maximum atomic E-state index is 12.6. The first-order valence-electron chi connectivity index (χ1n) is 8.60. The third-order valence-electron chi connectivity index (χ3n) is 3.54. The summed E-state index contributed by atoms with van der Waals surface area (Å²) in [6.45, 7) is 6.24. The lowest BCUT2D eigenvalue weighted by Crippen LogP contribution is -2.39. The Morgan fingerprint density at radius 3 is 2.68 bits per heavy atom. The standard InChI is InChI=1S/C17H23F3N6S.HI/c1-3-21-15(25-11-12(2)13-5-4-10-27-13)23-8-9-24-16-22-7-6-14(26-16)17(18,19)20;/h4-7,10,12H,3,8-9,11H2,1-2H3,(H2,21,23,25)(H,22,24,26);1H. The molecule has 0 saturated heterocycles. The van der Waals surface area contributed by atoms with E-state index < -0.39 is 11.9 Å². The molecule has 0 spiro atoms. The highest BCUT2D eigenvalue weighted by atomic mass is 127. The first kappa shape index (κ1) is 24.4. The number of hydrogen-bond acceptors (Lipinski definition) is 5. The van der Waals surface area contributed by atoms with Gasteiger partial charge in [0.15, 0.2) is 5.96 Å². The molecule has 0 radical (unpaired) electrons. The molecule has 1 unspecified atom stereocenters. The Morgan fingerprint density at radius 2 is 2.04 bits per heavy atom. The molecule has 2 aromatic heterocycles. The van der Waals surface area contributed by atoms with Gasteiger partial charge in [-0.05, 0) is 24.4 Å². The van der Waals surface area contributed by atoms with E-state index in [0.29, 0.717) is 38.1 Å². The van der Waals surface area contributed by atoms with Crippen LogP contribution in [-0.4, -0.2) is 42.1 Å². The average molecular weight is 528 g/mol. The Labute approximate surface area is 183 Å². The number of anilines is 1. The van der Waals surface area contributed by atoms with Gasteiger partial charge in [-0.2, -0.15) is 13.2 Å². The van der Waals surface area contributed by atoms with Gasteiger partial charge in [-0.25, -0.2) is 9.97 Å². The van der Waals surface area contributed by atoms with Crippen molar-refractivity contribution in [3.63, 3.8) is 0 Å². The lowest BCUT2D eigenvalue weighted by atomic mass is 10.1. The molecule has 2 rings (SSSR count). The molecule has 0 aliphatic heterocycles. The molecule has 28 heavy (non-hydrogen) atoms.